The van der Waals surface area contributed by atoms with Crippen molar-refractivity contribution in [2.24, 2.45) is 0 Å². The molecule has 0 spiro atoms. The van der Waals surface area contributed by atoms with E-state index >= 15 is 0 Å². The minimum absolute atomic E-state index is 0.0271. The van der Waals surface area contributed by atoms with Gasteiger partial charge in [-0.2, -0.15) is 4.98 Å². The normalized spacial score (nSPS) is 16.2. The fourth-order valence-corrected chi connectivity index (χ4v) is 3.57. The van der Waals surface area contributed by atoms with Crippen molar-refractivity contribution in [3.8, 4) is 0 Å². The highest BCUT2D eigenvalue weighted by Gasteiger charge is 2.35. The number of anilines is 2. The van der Waals surface area contributed by atoms with E-state index in [0.29, 0.717) is 24.5 Å². The molecule has 0 saturated carbocycles. The summed E-state index contributed by atoms with van der Waals surface area (Å²) in [5.41, 5.74) is 10.8. The summed E-state index contributed by atoms with van der Waals surface area (Å²) in [7, 11) is 0. The Morgan fingerprint density at radius 1 is 1.36 bits per heavy atom. The summed E-state index contributed by atoms with van der Waals surface area (Å²) in [6.45, 7) is 7.16. The van der Waals surface area contributed by atoms with Gasteiger partial charge in [-0.25, -0.2) is 4.98 Å². The van der Waals surface area contributed by atoms with Crippen molar-refractivity contribution in [2.45, 2.75) is 39.7 Å². The van der Waals surface area contributed by atoms with Crippen LogP contribution in [0.15, 0.2) is 6.20 Å². The predicted molar refractivity (Wildman–Crippen MR) is 95.9 cm³/mol. The third-order valence-corrected chi connectivity index (χ3v) is 5.12. The molecule has 3 rings (SSSR count). The Kier molecular flexibility index (Phi) is 4.51. The SMILES string of the molecule is Cc1ncc(CN2C[C@H](CC(=O)O)c3c(Cl)nc(N)nc32)c(C)c1C. The number of hydrogen-bond acceptors (Lipinski definition) is 6. The number of nitrogen functional groups attached to an aromatic ring is 1. The Bertz CT molecular complexity index is 855. The molecule has 3 N–H and O–H groups in total. The Morgan fingerprint density at radius 3 is 2.76 bits per heavy atom. The maximum atomic E-state index is 11.2. The van der Waals surface area contributed by atoms with E-state index in [2.05, 4.69) is 21.9 Å². The molecule has 2 aromatic heterocycles. The highest BCUT2D eigenvalue weighted by Crippen LogP contribution is 2.41. The number of aliphatic carboxylic acids is 1. The predicted octanol–water partition coefficient (Wildman–Crippen LogP) is 2.61. The number of nitrogens with zero attached hydrogens (tertiary/aromatic N) is 4. The fraction of sp³-hybridized carbons (Fsp3) is 0.412. The Labute approximate surface area is 150 Å². The Balaban J connectivity index is 1.99. The van der Waals surface area contributed by atoms with E-state index in [4.69, 9.17) is 17.3 Å². The van der Waals surface area contributed by atoms with Crippen molar-refractivity contribution in [3.63, 3.8) is 0 Å². The summed E-state index contributed by atoms with van der Waals surface area (Å²) in [5.74, 6) is -0.448. The van der Waals surface area contributed by atoms with Crippen LogP contribution in [0.2, 0.25) is 5.15 Å². The first-order valence-corrected chi connectivity index (χ1v) is 8.37. The molecule has 0 unspecified atom stereocenters. The summed E-state index contributed by atoms with van der Waals surface area (Å²) < 4.78 is 0. The number of hydrogen-bond donors (Lipinski definition) is 2. The lowest BCUT2D eigenvalue weighted by Gasteiger charge is -2.21. The molecular formula is C17H20ClN5O2. The minimum Gasteiger partial charge on any atom is -0.481 e. The van der Waals surface area contributed by atoms with Gasteiger partial charge in [0.05, 0.1) is 6.42 Å². The molecule has 1 atom stereocenters. The highest BCUT2D eigenvalue weighted by molar-refractivity contribution is 6.30. The molecular weight excluding hydrogens is 342 g/mol. The van der Waals surface area contributed by atoms with Crippen molar-refractivity contribution >= 4 is 29.3 Å². The first kappa shape index (κ1) is 17.4. The number of pyridine rings is 1. The molecule has 25 heavy (non-hydrogen) atoms. The van der Waals surface area contributed by atoms with Crippen molar-refractivity contribution in [1.82, 2.24) is 15.0 Å². The number of carbonyl (C=O) groups is 1. The smallest absolute Gasteiger partial charge is 0.304 e. The molecule has 1 aliphatic heterocycles. The average Bonchev–Trinajstić information content (AvgIpc) is 2.85. The first-order valence-electron chi connectivity index (χ1n) is 7.99. The Hall–Kier alpha value is -2.41. The van der Waals surface area contributed by atoms with E-state index in [-0.39, 0.29) is 23.4 Å². The second kappa shape index (κ2) is 6.48. The summed E-state index contributed by atoms with van der Waals surface area (Å²) >= 11 is 6.24. The zero-order chi connectivity index (χ0) is 18.3. The molecule has 0 aromatic carbocycles. The number of fused-ring (bicyclic) bond motifs is 1. The molecule has 1 aliphatic rings. The molecule has 7 nitrogen and oxygen atoms in total. The maximum Gasteiger partial charge on any atom is 0.304 e. The lowest BCUT2D eigenvalue weighted by molar-refractivity contribution is -0.137. The van der Waals surface area contributed by atoms with Crippen LogP contribution < -0.4 is 10.6 Å². The maximum absolute atomic E-state index is 11.2. The van der Waals surface area contributed by atoms with Crippen LogP contribution in [0, 0.1) is 20.8 Å². The zero-order valence-corrected chi connectivity index (χ0v) is 15.1. The van der Waals surface area contributed by atoms with Crippen LogP contribution in [0.4, 0.5) is 11.8 Å². The van der Waals surface area contributed by atoms with E-state index < -0.39 is 5.97 Å². The van der Waals surface area contributed by atoms with Gasteiger partial charge in [-0.1, -0.05) is 11.6 Å². The summed E-state index contributed by atoms with van der Waals surface area (Å²) in [4.78, 5) is 26.0. The van der Waals surface area contributed by atoms with E-state index in [1.807, 2.05) is 24.9 Å². The van der Waals surface area contributed by atoms with Gasteiger partial charge >= 0.3 is 5.97 Å². The average molecular weight is 362 g/mol. The molecule has 0 aliphatic carbocycles. The van der Waals surface area contributed by atoms with Crippen LogP contribution in [0.5, 0.6) is 0 Å². The second-order valence-electron chi connectivity index (χ2n) is 6.40. The van der Waals surface area contributed by atoms with Crippen molar-refractivity contribution < 1.29 is 9.90 Å². The van der Waals surface area contributed by atoms with Gasteiger partial charge in [0.1, 0.15) is 11.0 Å². The molecule has 0 bridgehead atoms. The summed E-state index contributed by atoms with van der Waals surface area (Å²) in [6.07, 6.45) is 1.83. The molecule has 132 valence electrons. The van der Waals surface area contributed by atoms with Gasteiger partial charge in [-0.15, -0.1) is 0 Å². The number of carboxylic acid groups (broad SMARTS) is 1. The Morgan fingerprint density at radius 2 is 2.08 bits per heavy atom. The van der Waals surface area contributed by atoms with E-state index in [1.165, 1.54) is 5.56 Å². The topological polar surface area (TPSA) is 105 Å². The fourth-order valence-electron chi connectivity index (χ4n) is 3.25. The molecule has 0 fully saturated rings. The summed E-state index contributed by atoms with van der Waals surface area (Å²) in [6, 6.07) is 0. The van der Waals surface area contributed by atoms with Gasteiger partial charge in [-0.3, -0.25) is 9.78 Å². The van der Waals surface area contributed by atoms with Gasteiger partial charge in [0.2, 0.25) is 5.95 Å². The van der Waals surface area contributed by atoms with E-state index in [9.17, 15) is 9.90 Å². The van der Waals surface area contributed by atoms with Crippen LogP contribution in [0.1, 0.15) is 40.3 Å². The minimum atomic E-state index is -0.880. The number of aryl methyl sites for hydroxylation is 1. The number of nitrogens with two attached hydrogens (primary N) is 1. The van der Waals surface area contributed by atoms with Gasteiger partial charge in [-0.05, 0) is 37.5 Å². The van der Waals surface area contributed by atoms with Crippen LogP contribution in [-0.2, 0) is 11.3 Å². The van der Waals surface area contributed by atoms with Crippen molar-refractivity contribution in [2.75, 3.05) is 17.2 Å². The largest absolute Gasteiger partial charge is 0.481 e. The van der Waals surface area contributed by atoms with Crippen LogP contribution >= 0.6 is 11.6 Å². The number of rotatable bonds is 4. The van der Waals surface area contributed by atoms with Crippen LogP contribution in [0.25, 0.3) is 0 Å². The number of halogens is 1. The zero-order valence-electron chi connectivity index (χ0n) is 14.4. The number of carboxylic acids is 1. The van der Waals surface area contributed by atoms with Gasteiger partial charge in [0.15, 0.2) is 0 Å². The molecule has 0 saturated heterocycles. The van der Waals surface area contributed by atoms with Gasteiger partial charge in [0, 0.05) is 36.5 Å². The molecule has 0 radical (unpaired) electrons. The van der Waals surface area contributed by atoms with Crippen molar-refractivity contribution in [1.29, 1.82) is 0 Å². The van der Waals surface area contributed by atoms with E-state index in [1.54, 1.807) is 0 Å². The number of aromatic nitrogens is 3. The third kappa shape index (κ3) is 3.24. The first-order chi connectivity index (χ1) is 11.8. The quantitative estimate of drug-likeness (QED) is 0.806. The lowest BCUT2D eigenvalue weighted by atomic mass is 10.0. The van der Waals surface area contributed by atoms with Crippen molar-refractivity contribution in [3.05, 3.63) is 39.3 Å². The third-order valence-electron chi connectivity index (χ3n) is 4.83. The molecule has 8 heteroatoms. The van der Waals surface area contributed by atoms with Gasteiger partial charge in [0.25, 0.3) is 0 Å². The van der Waals surface area contributed by atoms with Gasteiger partial charge < -0.3 is 15.7 Å². The standard InChI is InChI=1S/C17H20ClN5O2/c1-8-9(2)12(5-20-10(8)3)7-23-6-11(4-13(24)25)14-15(18)21-17(19)22-16(14)23/h5,11H,4,6-7H2,1-3H3,(H,24,25)(H2,19,21,22)/t11-/m0/s1. The lowest BCUT2D eigenvalue weighted by Crippen LogP contribution is -2.23. The van der Waals surface area contributed by atoms with E-state index in [0.717, 1.165) is 16.8 Å². The molecule has 0 amide bonds. The molecule has 3 heterocycles. The highest BCUT2D eigenvalue weighted by atomic mass is 35.5. The second-order valence-corrected chi connectivity index (χ2v) is 6.76. The van der Waals surface area contributed by atoms with Crippen LogP contribution in [-0.4, -0.2) is 32.6 Å². The van der Waals surface area contributed by atoms with Crippen LogP contribution in [0.3, 0.4) is 0 Å². The monoisotopic (exact) mass is 361 g/mol. The summed E-state index contributed by atoms with van der Waals surface area (Å²) in [5, 5.41) is 9.42. The molecule has 2 aromatic rings.